The van der Waals surface area contributed by atoms with Gasteiger partial charge in [0.05, 0.1) is 17.2 Å². The van der Waals surface area contributed by atoms with Gasteiger partial charge in [-0.2, -0.15) is 0 Å². The Bertz CT molecular complexity index is 1220. The predicted octanol–water partition coefficient (Wildman–Crippen LogP) is 3.65. The lowest BCUT2D eigenvalue weighted by Crippen LogP contribution is -2.41. The first-order chi connectivity index (χ1) is 15.3. The third-order valence-electron chi connectivity index (χ3n) is 5.78. The summed E-state index contributed by atoms with van der Waals surface area (Å²) in [5.74, 6) is 0.633. The van der Waals surface area contributed by atoms with Crippen LogP contribution in [0.4, 0.5) is 0 Å². The van der Waals surface area contributed by atoms with Crippen LogP contribution < -0.4 is 4.74 Å². The van der Waals surface area contributed by atoms with Crippen molar-refractivity contribution in [3.8, 4) is 5.75 Å². The molecule has 0 bridgehead atoms. The number of hydrogen-bond donors (Lipinski definition) is 0. The molecule has 0 aliphatic carbocycles. The molecule has 1 fully saturated rings. The largest absolute Gasteiger partial charge is 0.487 e. The third kappa shape index (κ3) is 5.12. The van der Waals surface area contributed by atoms with E-state index < -0.39 is 9.84 Å². The molecule has 1 aliphatic heterocycles. The summed E-state index contributed by atoms with van der Waals surface area (Å²) in [6.07, 6.45) is 6.22. The van der Waals surface area contributed by atoms with Crippen LogP contribution in [0.1, 0.15) is 47.8 Å². The van der Waals surface area contributed by atoms with E-state index in [0.29, 0.717) is 30.9 Å². The Morgan fingerprint density at radius 2 is 2.09 bits per heavy atom. The molecule has 4 rings (SSSR count). The average Bonchev–Trinajstić information content (AvgIpc) is 3.34. The first kappa shape index (κ1) is 22.3. The highest BCUT2D eigenvalue weighted by Gasteiger charge is 2.34. The molecule has 1 aromatic carbocycles. The molecule has 170 valence electrons. The number of nitrogens with zero attached hydrogens (tertiary/aromatic N) is 3. The van der Waals surface area contributed by atoms with Crippen LogP contribution in [0.25, 0.3) is 5.65 Å². The van der Waals surface area contributed by atoms with Crippen LogP contribution in [0, 0.1) is 6.92 Å². The smallest absolute Gasteiger partial charge is 0.254 e. The quantitative estimate of drug-likeness (QED) is 0.518. The van der Waals surface area contributed by atoms with Crippen LogP contribution in [-0.4, -0.2) is 52.7 Å². The van der Waals surface area contributed by atoms with Crippen LogP contribution in [0.2, 0.25) is 0 Å². The normalized spacial score (nSPS) is 17.5. The van der Waals surface area contributed by atoms with Gasteiger partial charge in [0.15, 0.2) is 9.84 Å². The molecular formula is C24H29N3O4S. The van der Waals surface area contributed by atoms with E-state index >= 15 is 0 Å². The Morgan fingerprint density at radius 1 is 1.25 bits per heavy atom. The van der Waals surface area contributed by atoms with Crippen molar-refractivity contribution >= 4 is 21.4 Å². The third-order valence-corrected chi connectivity index (χ3v) is 7.53. The van der Waals surface area contributed by atoms with E-state index in [1.807, 2.05) is 41.9 Å². The Kier molecular flexibility index (Phi) is 6.50. The first-order valence-electron chi connectivity index (χ1n) is 11.0. The molecule has 1 saturated heterocycles. The van der Waals surface area contributed by atoms with E-state index in [-0.39, 0.29) is 23.5 Å². The summed E-state index contributed by atoms with van der Waals surface area (Å²) in [6.45, 7) is 4.94. The van der Waals surface area contributed by atoms with Crippen molar-refractivity contribution in [2.24, 2.45) is 0 Å². The topological polar surface area (TPSA) is 81.0 Å². The highest BCUT2D eigenvalue weighted by atomic mass is 32.2. The van der Waals surface area contributed by atoms with E-state index in [1.54, 1.807) is 23.1 Å². The summed E-state index contributed by atoms with van der Waals surface area (Å²) in [5.41, 5.74) is 3.31. The SMILES string of the molecule is CCCCN(C(=O)c1cccc(OCc2cn3cc(C)ccc3n2)c1)C1CCS(=O)(=O)C1. The van der Waals surface area contributed by atoms with E-state index in [1.165, 1.54) is 0 Å². The van der Waals surface area contributed by atoms with Crippen molar-refractivity contribution in [3.63, 3.8) is 0 Å². The molecule has 8 heteroatoms. The van der Waals surface area contributed by atoms with Crippen LogP contribution in [0.5, 0.6) is 5.75 Å². The number of aryl methyl sites for hydroxylation is 1. The molecule has 7 nitrogen and oxygen atoms in total. The van der Waals surface area contributed by atoms with Gasteiger partial charge in [0, 0.05) is 30.5 Å². The van der Waals surface area contributed by atoms with E-state index in [2.05, 4.69) is 11.9 Å². The zero-order chi connectivity index (χ0) is 22.7. The zero-order valence-electron chi connectivity index (χ0n) is 18.5. The molecule has 32 heavy (non-hydrogen) atoms. The zero-order valence-corrected chi connectivity index (χ0v) is 19.3. The van der Waals surface area contributed by atoms with Crippen LogP contribution >= 0.6 is 0 Å². The number of pyridine rings is 1. The Balaban J connectivity index is 1.48. The summed E-state index contributed by atoms with van der Waals surface area (Å²) in [5, 5.41) is 0. The van der Waals surface area contributed by atoms with Crippen LogP contribution in [-0.2, 0) is 16.4 Å². The number of ether oxygens (including phenoxy) is 1. The van der Waals surface area contributed by atoms with Gasteiger partial charge in [0.1, 0.15) is 18.0 Å². The molecule has 1 amide bonds. The van der Waals surface area contributed by atoms with Gasteiger partial charge in [-0.05, 0) is 49.6 Å². The number of unbranched alkanes of at least 4 members (excludes halogenated alkanes) is 1. The second-order valence-electron chi connectivity index (χ2n) is 8.43. The lowest BCUT2D eigenvalue weighted by Gasteiger charge is -2.28. The molecule has 3 heterocycles. The van der Waals surface area contributed by atoms with E-state index in [4.69, 9.17) is 4.74 Å². The van der Waals surface area contributed by atoms with Crippen molar-refractivity contribution in [1.29, 1.82) is 0 Å². The molecule has 0 radical (unpaired) electrons. The minimum atomic E-state index is -3.07. The lowest BCUT2D eigenvalue weighted by atomic mass is 10.1. The van der Waals surface area contributed by atoms with E-state index in [0.717, 1.165) is 29.7 Å². The molecule has 0 N–H and O–H groups in total. The van der Waals surface area contributed by atoms with Crippen molar-refractivity contribution in [1.82, 2.24) is 14.3 Å². The number of fused-ring (bicyclic) bond motifs is 1. The first-order valence-corrected chi connectivity index (χ1v) is 12.9. The fourth-order valence-electron chi connectivity index (χ4n) is 4.07. The number of carbonyl (C=O) groups excluding carboxylic acids is 1. The number of amides is 1. The number of hydrogen-bond acceptors (Lipinski definition) is 5. The highest BCUT2D eigenvalue weighted by Crippen LogP contribution is 2.23. The number of benzene rings is 1. The van der Waals surface area contributed by atoms with Gasteiger partial charge in [-0.25, -0.2) is 13.4 Å². The van der Waals surface area contributed by atoms with Gasteiger partial charge in [-0.1, -0.05) is 25.5 Å². The van der Waals surface area contributed by atoms with Crippen molar-refractivity contribution in [3.05, 3.63) is 65.6 Å². The van der Waals surface area contributed by atoms with Gasteiger partial charge < -0.3 is 14.0 Å². The number of sulfone groups is 1. The summed E-state index contributed by atoms with van der Waals surface area (Å²) >= 11 is 0. The maximum absolute atomic E-state index is 13.3. The van der Waals surface area contributed by atoms with Gasteiger partial charge in [-0.15, -0.1) is 0 Å². The number of rotatable bonds is 8. The van der Waals surface area contributed by atoms with Gasteiger partial charge >= 0.3 is 0 Å². The number of carbonyl (C=O) groups is 1. The molecule has 1 atom stereocenters. The monoisotopic (exact) mass is 455 g/mol. The maximum Gasteiger partial charge on any atom is 0.254 e. The predicted molar refractivity (Wildman–Crippen MR) is 124 cm³/mol. The number of imidazole rings is 1. The molecule has 0 saturated carbocycles. The van der Waals surface area contributed by atoms with Crippen LogP contribution in [0.15, 0.2) is 48.8 Å². The van der Waals surface area contributed by atoms with Crippen molar-refractivity contribution in [2.45, 2.75) is 45.8 Å². The molecule has 1 aliphatic rings. The lowest BCUT2D eigenvalue weighted by molar-refractivity contribution is 0.0693. The minimum absolute atomic E-state index is 0.0476. The fraction of sp³-hybridized carbons (Fsp3) is 0.417. The Hall–Kier alpha value is -2.87. The molecule has 1 unspecified atom stereocenters. The standard InChI is InChI=1S/C24H29N3O4S/c1-3-4-11-27(21-10-12-32(29,30)17-21)24(28)19-6-5-7-22(13-19)31-16-20-15-26-14-18(2)8-9-23(26)25-20/h5-9,13-15,21H,3-4,10-12,16-17H2,1-2H3. The molecule has 3 aromatic rings. The van der Waals surface area contributed by atoms with Crippen molar-refractivity contribution in [2.75, 3.05) is 18.1 Å². The fourth-order valence-corrected chi connectivity index (χ4v) is 5.80. The number of aromatic nitrogens is 2. The summed E-state index contributed by atoms with van der Waals surface area (Å²) in [4.78, 5) is 19.6. The molecule has 0 spiro atoms. The molecule has 2 aromatic heterocycles. The highest BCUT2D eigenvalue weighted by molar-refractivity contribution is 7.91. The summed E-state index contributed by atoms with van der Waals surface area (Å²) < 4.78 is 31.8. The van der Waals surface area contributed by atoms with Crippen LogP contribution in [0.3, 0.4) is 0 Å². The summed E-state index contributed by atoms with van der Waals surface area (Å²) in [6, 6.07) is 10.8. The average molecular weight is 456 g/mol. The van der Waals surface area contributed by atoms with Gasteiger partial charge in [0.25, 0.3) is 5.91 Å². The van der Waals surface area contributed by atoms with Gasteiger partial charge in [-0.3, -0.25) is 4.79 Å². The Morgan fingerprint density at radius 3 is 2.84 bits per heavy atom. The minimum Gasteiger partial charge on any atom is -0.487 e. The van der Waals surface area contributed by atoms with Crippen molar-refractivity contribution < 1.29 is 17.9 Å². The summed E-state index contributed by atoms with van der Waals surface area (Å²) in [7, 11) is -3.07. The second kappa shape index (κ2) is 9.32. The maximum atomic E-state index is 13.3. The molecular weight excluding hydrogens is 426 g/mol. The van der Waals surface area contributed by atoms with Gasteiger partial charge in [0.2, 0.25) is 0 Å². The van der Waals surface area contributed by atoms with E-state index in [9.17, 15) is 13.2 Å². The Labute approximate surface area is 188 Å². The second-order valence-corrected chi connectivity index (χ2v) is 10.7.